The van der Waals surface area contributed by atoms with Crippen molar-refractivity contribution >= 4 is 11.7 Å². The number of hydrogen-bond acceptors (Lipinski definition) is 5. The highest BCUT2D eigenvalue weighted by Crippen LogP contribution is 2.33. The van der Waals surface area contributed by atoms with Crippen LogP contribution in [0.5, 0.6) is 11.5 Å². The molecule has 42 heavy (non-hydrogen) atoms. The summed E-state index contributed by atoms with van der Waals surface area (Å²) in [5.74, 6) is -4.04. The number of ether oxygens (including phenoxy) is 3. The normalized spacial score (nSPS) is 16.5. The van der Waals surface area contributed by atoms with Gasteiger partial charge in [-0.3, -0.25) is 0 Å². The molecule has 10 heteroatoms. The van der Waals surface area contributed by atoms with Gasteiger partial charge in [-0.15, -0.1) is 0 Å². The molecule has 0 saturated heterocycles. The van der Waals surface area contributed by atoms with E-state index in [4.69, 9.17) is 14.2 Å². The van der Waals surface area contributed by atoms with Gasteiger partial charge in [-0.2, -0.15) is 4.39 Å². The van der Waals surface area contributed by atoms with Crippen LogP contribution in [0.2, 0.25) is 0 Å². The third kappa shape index (κ3) is 7.05. The topological polar surface area (TPSA) is 60.0 Å². The van der Waals surface area contributed by atoms with Crippen LogP contribution in [0, 0.1) is 23.3 Å². The quantitative estimate of drug-likeness (QED) is 0.160. The van der Waals surface area contributed by atoms with Gasteiger partial charge in [0.05, 0.1) is 20.3 Å². The number of nitrogens with one attached hydrogen (secondary N) is 1. The molecule has 1 fully saturated rings. The highest BCUT2D eigenvalue weighted by atomic mass is 19.2. The molecule has 1 aliphatic carbocycles. The molecule has 2 aliphatic rings. The minimum atomic E-state index is -1.33. The van der Waals surface area contributed by atoms with Crippen molar-refractivity contribution in [3.05, 3.63) is 101 Å². The summed E-state index contributed by atoms with van der Waals surface area (Å²) in [5.41, 5.74) is 3.34. The summed E-state index contributed by atoms with van der Waals surface area (Å²) in [6.07, 6.45) is 3.77. The third-order valence-electron chi connectivity index (χ3n) is 7.34. The molecule has 0 radical (unpaired) electrons. The lowest BCUT2D eigenvalue weighted by molar-refractivity contribution is 0.0771. The predicted octanol–water partition coefficient (Wildman–Crippen LogP) is 6.42. The zero-order valence-corrected chi connectivity index (χ0v) is 23.2. The number of rotatable bonds is 11. The van der Waals surface area contributed by atoms with Crippen molar-refractivity contribution in [2.45, 2.75) is 44.4 Å². The Morgan fingerprint density at radius 2 is 1.76 bits per heavy atom. The summed E-state index contributed by atoms with van der Waals surface area (Å²) < 4.78 is 71.3. The number of carbonyl (C=O) groups excluding carboxylic acids is 1. The second kappa shape index (κ2) is 13.3. The third-order valence-corrected chi connectivity index (χ3v) is 7.34. The molecule has 0 bridgehead atoms. The van der Waals surface area contributed by atoms with Crippen LogP contribution < -0.4 is 14.8 Å². The van der Waals surface area contributed by atoms with Crippen LogP contribution in [0.4, 0.5) is 22.4 Å². The maximum atomic E-state index is 13.9. The molecular weight excluding hydrogens is 552 g/mol. The van der Waals surface area contributed by atoms with Crippen molar-refractivity contribution in [3.63, 3.8) is 0 Å². The van der Waals surface area contributed by atoms with Crippen LogP contribution in [0.3, 0.4) is 0 Å². The molecular formula is C32H32F4N2O4. The van der Waals surface area contributed by atoms with Crippen molar-refractivity contribution in [1.82, 2.24) is 10.2 Å². The van der Waals surface area contributed by atoms with Crippen LogP contribution in [0.15, 0.2) is 60.7 Å². The molecule has 1 aliphatic heterocycles. The first-order chi connectivity index (χ1) is 20.3. The fraction of sp³-hybridized carbons (Fsp3) is 0.344. The Balaban J connectivity index is 1.19. The van der Waals surface area contributed by atoms with E-state index in [0.29, 0.717) is 37.2 Å². The molecule has 0 spiro atoms. The second-order valence-electron chi connectivity index (χ2n) is 10.3. The number of carbonyl (C=O) groups is 1. The number of halogens is 4. The minimum absolute atomic E-state index is 0.0207. The largest absolute Gasteiger partial charge is 0.496 e. The number of nitrogens with zero attached hydrogens (tertiary/aromatic N) is 1. The van der Waals surface area contributed by atoms with E-state index < -0.39 is 41.2 Å². The fourth-order valence-corrected chi connectivity index (χ4v) is 4.97. The molecule has 1 amide bonds. The van der Waals surface area contributed by atoms with Crippen LogP contribution in [-0.2, 0) is 17.7 Å². The molecule has 3 aromatic rings. The lowest BCUT2D eigenvalue weighted by atomic mass is 9.96. The average Bonchev–Trinajstić information content (AvgIpc) is 3.84. The fourth-order valence-electron chi connectivity index (χ4n) is 4.97. The first kappa shape index (κ1) is 29.4. The van der Waals surface area contributed by atoms with Crippen molar-refractivity contribution in [1.29, 1.82) is 0 Å². The van der Waals surface area contributed by atoms with Gasteiger partial charge in [0.1, 0.15) is 17.7 Å². The van der Waals surface area contributed by atoms with Crippen molar-refractivity contribution in [2.24, 2.45) is 0 Å². The molecule has 1 unspecified atom stereocenters. The van der Waals surface area contributed by atoms with Crippen molar-refractivity contribution < 1.29 is 36.6 Å². The zero-order valence-electron chi connectivity index (χ0n) is 23.2. The standard InChI is InChI=1S/C32H32F4N2O4/c1-40-28-13-8-23(33)17-22(28)19-38(24-9-10-24)32(39)42-29-18-37-15-14-25(29)21-6-4-20(5-7-21)3-2-16-41-31-27(35)12-11-26(34)30(31)36/h4-8,11-14,17,24,29,37H,2-3,9-10,15-16,18-19H2,1H3. The monoisotopic (exact) mass is 584 g/mol. The minimum Gasteiger partial charge on any atom is -0.496 e. The van der Waals surface area contributed by atoms with Gasteiger partial charge in [-0.1, -0.05) is 30.3 Å². The summed E-state index contributed by atoms with van der Waals surface area (Å²) in [4.78, 5) is 15.0. The van der Waals surface area contributed by atoms with Gasteiger partial charge >= 0.3 is 6.09 Å². The van der Waals surface area contributed by atoms with E-state index in [2.05, 4.69) is 5.32 Å². The summed E-state index contributed by atoms with van der Waals surface area (Å²) in [6, 6.07) is 13.6. The van der Waals surface area contributed by atoms with Gasteiger partial charge in [0.25, 0.3) is 0 Å². The van der Waals surface area contributed by atoms with Crippen molar-refractivity contribution in [3.8, 4) is 11.5 Å². The maximum Gasteiger partial charge on any atom is 0.410 e. The molecule has 6 nitrogen and oxygen atoms in total. The lowest BCUT2D eigenvalue weighted by Crippen LogP contribution is -2.41. The van der Waals surface area contributed by atoms with E-state index in [0.717, 1.165) is 41.7 Å². The van der Waals surface area contributed by atoms with E-state index in [-0.39, 0.29) is 19.2 Å². The molecule has 222 valence electrons. The summed E-state index contributed by atoms with van der Waals surface area (Å²) in [6.45, 7) is 1.28. The highest BCUT2D eigenvalue weighted by molar-refractivity contribution is 5.75. The Hall–Kier alpha value is -4.05. The Morgan fingerprint density at radius 3 is 2.50 bits per heavy atom. The lowest BCUT2D eigenvalue weighted by Gasteiger charge is -2.29. The summed E-state index contributed by atoms with van der Waals surface area (Å²) in [7, 11) is 1.51. The van der Waals surface area contributed by atoms with E-state index in [1.807, 2.05) is 30.3 Å². The van der Waals surface area contributed by atoms with Crippen LogP contribution >= 0.6 is 0 Å². The van der Waals surface area contributed by atoms with Crippen LogP contribution in [0.1, 0.15) is 36.0 Å². The SMILES string of the molecule is COc1ccc(F)cc1CN(C(=O)OC1CNCC=C1c1ccc(CCCOc2c(F)ccc(F)c2F)cc1)C1CC1. The average molecular weight is 585 g/mol. The summed E-state index contributed by atoms with van der Waals surface area (Å²) in [5, 5.41) is 3.24. The van der Waals surface area contributed by atoms with Gasteiger partial charge in [0.15, 0.2) is 17.4 Å². The van der Waals surface area contributed by atoms with E-state index in [1.54, 1.807) is 11.0 Å². The number of benzene rings is 3. The molecule has 1 heterocycles. The molecule has 1 N–H and O–H groups in total. The van der Waals surface area contributed by atoms with E-state index in [1.165, 1.54) is 19.2 Å². The smallest absolute Gasteiger partial charge is 0.410 e. The Morgan fingerprint density at radius 1 is 1.00 bits per heavy atom. The Kier molecular flexibility index (Phi) is 9.31. The number of amides is 1. The van der Waals surface area contributed by atoms with Crippen molar-refractivity contribution in [2.75, 3.05) is 26.8 Å². The predicted molar refractivity (Wildman–Crippen MR) is 149 cm³/mol. The second-order valence-corrected chi connectivity index (χ2v) is 10.3. The molecule has 1 saturated carbocycles. The first-order valence-corrected chi connectivity index (χ1v) is 13.9. The molecule has 1 atom stereocenters. The van der Waals surface area contributed by atoms with Crippen LogP contribution in [0.25, 0.3) is 5.57 Å². The van der Waals surface area contributed by atoms with E-state index >= 15 is 0 Å². The van der Waals surface area contributed by atoms with E-state index in [9.17, 15) is 22.4 Å². The van der Waals surface area contributed by atoms with Gasteiger partial charge < -0.3 is 24.4 Å². The van der Waals surface area contributed by atoms with Crippen LogP contribution in [-0.4, -0.2) is 49.9 Å². The highest BCUT2D eigenvalue weighted by Gasteiger charge is 2.36. The summed E-state index contributed by atoms with van der Waals surface area (Å²) >= 11 is 0. The first-order valence-electron chi connectivity index (χ1n) is 13.9. The van der Waals surface area contributed by atoms with Gasteiger partial charge in [-0.25, -0.2) is 18.0 Å². The molecule has 5 rings (SSSR count). The number of hydrogen-bond donors (Lipinski definition) is 1. The number of aryl methyl sites for hydroxylation is 1. The van der Waals surface area contributed by atoms with Gasteiger partial charge in [0.2, 0.25) is 5.82 Å². The Bertz CT molecular complexity index is 1440. The van der Waals surface area contributed by atoms with Gasteiger partial charge in [-0.05, 0) is 72.7 Å². The molecule has 3 aromatic carbocycles. The van der Waals surface area contributed by atoms with Gasteiger partial charge in [0, 0.05) is 24.7 Å². The molecule has 0 aromatic heterocycles. The maximum absolute atomic E-state index is 13.9. The Labute approximate surface area is 241 Å². The zero-order chi connectivity index (χ0) is 29.6. The number of methoxy groups -OCH3 is 1.